The van der Waals surface area contributed by atoms with Crippen LogP contribution < -0.4 is 4.74 Å². The molecule has 0 amide bonds. The fourth-order valence-electron chi connectivity index (χ4n) is 3.15. The van der Waals surface area contributed by atoms with Crippen molar-refractivity contribution < 1.29 is 4.74 Å². The molecule has 2 heteroatoms. The molecular weight excluding hydrogens is 258 g/mol. The summed E-state index contributed by atoms with van der Waals surface area (Å²) in [7, 11) is 1.72. The Morgan fingerprint density at radius 2 is 1.76 bits per heavy atom. The molecule has 1 aliphatic heterocycles. The van der Waals surface area contributed by atoms with E-state index in [0.29, 0.717) is 6.04 Å². The molecule has 2 aromatic rings. The number of benzene rings is 2. The molecule has 0 saturated carbocycles. The quantitative estimate of drug-likeness (QED) is 0.826. The Morgan fingerprint density at radius 3 is 2.43 bits per heavy atom. The maximum atomic E-state index is 5.25. The van der Waals surface area contributed by atoms with Crippen LogP contribution in [0.15, 0.2) is 48.5 Å². The van der Waals surface area contributed by atoms with Crippen molar-refractivity contribution >= 4 is 0 Å². The maximum Gasteiger partial charge on any atom is 0.118 e. The average Bonchev–Trinajstić information content (AvgIpc) is 2.98. The van der Waals surface area contributed by atoms with Crippen LogP contribution >= 0.6 is 0 Å². The van der Waals surface area contributed by atoms with Gasteiger partial charge in [0.25, 0.3) is 0 Å². The van der Waals surface area contributed by atoms with E-state index >= 15 is 0 Å². The van der Waals surface area contributed by atoms with Crippen molar-refractivity contribution in [2.24, 2.45) is 0 Å². The molecule has 0 spiro atoms. The first kappa shape index (κ1) is 14.2. The van der Waals surface area contributed by atoms with Crippen LogP contribution in [0.3, 0.4) is 0 Å². The zero-order valence-corrected chi connectivity index (χ0v) is 12.9. The van der Waals surface area contributed by atoms with E-state index in [2.05, 4.69) is 60.4 Å². The first-order valence-electron chi connectivity index (χ1n) is 7.70. The van der Waals surface area contributed by atoms with Gasteiger partial charge in [-0.15, -0.1) is 0 Å². The first-order valence-corrected chi connectivity index (χ1v) is 7.70. The number of likely N-dealkylation sites (tertiary alicyclic amines) is 1. The van der Waals surface area contributed by atoms with Crippen molar-refractivity contribution in [3.8, 4) is 5.75 Å². The van der Waals surface area contributed by atoms with Gasteiger partial charge < -0.3 is 4.74 Å². The molecule has 0 radical (unpaired) electrons. The van der Waals surface area contributed by atoms with Crippen molar-refractivity contribution in [1.82, 2.24) is 4.90 Å². The summed E-state index contributed by atoms with van der Waals surface area (Å²) in [5, 5.41) is 0. The van der Waals surface area contributed by atoms with E-state index in [1.807, 2.05) is 0 Å². The molecule has 1 heterocycles. The molecule has 3 rings (SSSR count). The lowest BCUT2D eigenvalue weighted by Crippen LogP contribution is -2.22. The highest BCUT2D eigenvalue weighted by molar-refractivity contribution is 5.30. The third-order valence-corrected chi connectivity index (χ3v) is 4.37. The fraction of sp³-hybridized carbons (Fsp3) is 0.368. The van der Waals surface area contributed by atoms with Gasteiger partial charge in [0, 0.05) is 12.6 Å². The van der Waals surface area contributed by atoms with E-state index in [0.717, 1.165) is 12.3 Å². The molecule has 0 N–H and O–H groups in total. The van der Waals surface area contributed by atoms with Gasteiger partial charge in [-0.1, -0.05) is 42.0 Å². The first-order chi connectivity index (χ1) is 10.3. The molecule has 1 atom stereocenters. The summed E-state index contributed by atoms with van der Waals surface area (Å²) in [5.41, 5.74) is 4.13. The molecule has 21 heavy (non-hydrogen) atoms. The maximum absolute atomic E-state index is 5.25. The number of nitrogens with zero attached hydrogens (tertiary/aromatic N) is 1. The van der Waals surface area contributed by atoms with Crippen LogP contribution in [0, 0.1) is 6.92 Å². The lowest BCUT2D eigenvalue weighted by Gasteiger charge is -2.25. The molecule has 0 unspecified atom stereocenters. The van der Waals surface area contributed by atoms with Gasteiger partial charge in [-0.3, -0.25) is 4.90 Å². The summed E-state index contributed by atoms with van der Waals surface area (Å²) in [6.07, 6.45) is 2.53. The van der Waals surface area contributed by atoms with E-state index in [1.165, 1.54) is 36.1 Å². The number of aryl methyl sites for hydroxylation is 1. The number of hydrogen-bond acceptors (Lipinski definition) is 2. The van der Waals surface area contributed by atoms with Crippen molar-refractivity contribution in [2.75, 3.05) is 13.7 Å². The van der Waals surface area contributed by atoms with Gasteiger partial charge in [0.1, 0.15) is 5.75 Å². The monoisotopic (exact) mass is 281 g/mol. The number of methoxy groups -OCH3 is 1. The van der Waals surface area contributed by atoms with Crippen molar-refractivity contribution in [1.29, 1.82) is 0 Å². The zero-order valence-electron chi connectivity index (χ0n) is 12.9. The van der Waals surface area contributed by atoms with Crippen LogP contribution in [0.1, 0.15) is 35.6 Å². The Labute approximate surface area is 127 Å². The van der Waals surface area contributed by atoms with Gasteiger partial charge in [0.15, 0.2) is 0 Å². The Morgan fingerprint density at radius 1 is 1.05 bits per heavy atom. The van der Waals surface area contributed by atoms with Crippen molar-refractivity contribution in [3.63, 3.8) is 0 Å². The number of hydrogen-bond donors (Lipinski definition) is 0. The number of rotatable bonds is 4. The normalized spacial score (nSPS) is 18.9. The minimum Gasteiger partial charge on any atom is -0.497 e. The lowest BCUT2D eigenvalue weighted by atomic mass is 10.0. The second-order valence-corrected chi connectivity index (χ2v) is 5.89. The van der Waals surface area contributed by atoms with E-state index < -0.39 is 0 Å². The van der Waals surface area contributed by atoms with Gasteiger partial charge in [-0.05, 0) is 49.6 Å². The minimum atomic E-state index is 0.539. The highest BCUT2D eigenvalue weighted by Crippen LogP contribution is 2.33. The standard InChI is InChI=1S/C19H23NO/c1-15-5-7-16(8-6-15)14-20-13-3-4-19(20)17-9-11-18(21-2)12-10-17/h5-12,19H,3-4,13-14H2,1-2H3/t19-/m1/s1. The van der Waals surface area contributed by atoms with E-state index in [-0.39, 0.29) is 0 Å². The smallest absolute Gasteiger partial charge is 0.118 e. The fourth-order valence-corrected chi connectivity index (χ4v) is 3.15. The van der Waals surface area contributed by atoms with Crippen LogP contribution in [0.25, 0.3) is 0 Å². The Bertz CT molecular complexity index is 574. The van der Waals surface area contributed by atoms with Crippen molar-refractivity contribution in [3.05, 3.63) is 65.2 Å². The number of ether oxygens (including phenoxy) is 1. The van der Waals surface area contributed by atoms with Crippen LogP contribution in [-0.2, 0) is 6.54 Å². The molecule has 1 fully saturated rings. The van der Waals surface area contributed by atoms with Crippen LogP contribution in [0.5, 0.6) is 5.75 Å². The third kappa shape index (κ3) is 3.27. The highest BCUT2D eigenvalue weighted by Gasteiger charge is 2.25. The van der Waals surface area contributed by atoms with E-state index in [1.54, 1.807) is 7.11 Å². The molecule has 110 valence electrons. The lowest BCUT2D eigenvalue weighted by molar-refractivity contribution is 0.248. The predicted molar refractivity (Wildman–Crippen MR) is 86.6 cm³/mol. The second kappa shape index (κ2) is 6.31. The molecule has 2 nitrogen and oxygen atoms in total. The second-order valence-electron chi connectivity index (χ2n) is 5.89. The van der Waals surface area contributed by atoms with Gasteiger partial charge in [-0.2, -0.15) is 0 Å². The molecule has 0 bridgehead atoms. The Balaban J connectivity index is 1.73. The topological polar surface area (TPSA) is 12.5 Å². The molecule has 0 aliphatic carbocycles. The zero-order chi connectivity index (χ0) is 14.7. The summed E-state index contributed by atoms with van der Waals surface area (Å²) < 4.78 is 5.25. The molecule has 1 aliphatic rings. The van der Waals surface area contributed by atoms with E-state index in [4.69, 9.17) is 4.74 Å². The summed E-state index contributed by atoms with van der Waals surface area (Å²) in [6.45, 7) is 4.36. The molecular formula is C19H23NO. The van der Waals surface area contributed by atoms with Gasteiger partial charge in [0.2, 0.25) is 0 Å². The van der Waals surface area contributed by atoms with Gasteiger partial charge >= 0.3 is 0 Å². The van der Waals surface area contributed by atoms with E-state index in [9.17, 15) is 0 Å². The average molecular weight is 281 g/mol. The predicted octanol–water partition coefficient (Wildman–Crippen LogP) is 4.34. The highest BCUT2D eigenvalue weighted by atomic mass is 16.5. The van der Waals surface area contributed by atoms with Crippen LogP contribution in [0.4, 0.5) is 0 Å². The van der Waals surface area contributed by atoms with Crippen LogP contribution in [0.2, 0.25) is 0 Å². The van der Waals surface area contributed by atoms with Gasteiger partial charge in [0.05, 0.1) is 7.11 Å². The van der Waals surface area contributed by atoms with Crippen molar-refractivity contribution in [2.45, 2.75) is 32.4 Å². The molecule has 0 aromatic heterocycles. The Hall–Kier alpha value is -1.80. The van der Waals surface area contributed by atoms with Gasteiger partial charge in [-0.25, -0.2) is 0 Å². The SMILES string of the molecule is COc1ccc([C@H]2CCCN2Cc2ccc(C)cc2)cc1. The van der Waals surface area contributed by atoms with Crippen LogP contribution in [-0.4, -0.2) is 18.6 Å². The summed E-state index contributed by atoms with van der Waals surface area (Å²) >= 11 is 0. The summed E-state index contributed by atoms with van der Waals surface area (Å²) in [6, 6.07) is 18.0. The minimum absolute atomic E-state index is 0.539. The Kier molecular flexibility index (Phi) is 4.26. The molecule has 2 aromatic carbocycles. The largest absolute Gasteiger partial charge is 0.497 e. The molecule has 1 saturated heterocycles. The summed E-state index contributed by atoms with van der Waals surface area (Å²) in [4.78, 5) is 2.59. The summed E-state index contributed by atoms with van der Waals surface area (Å²) in [5.74, 6) is 0.932. The third-order valence-electron chi connectivity index (χ3n) is 4.37.